The zero-order valence-corrected chi connectivity index (χ0v) is 12.2. The Hall–Kier alpha value is -2.87. The first-order valence-electron chi connectivity index (χ1n) is 7.20. The number of fused-ring (bicyclic) bond motifs is 3. The molecule has 2 aliphatic rings. The summed E-state index contributed by atoms with van der Waals surface area (Å²) in [4.78, 5) is 12.8. The summed E-state index contributed by atoms with van der Waals surface area (Å²) < 4.78 is 5.17. The molecule has 2 nitrogen and oxygen atoms in total. The number of carbonyl (C=O) groups excluding carboxylic acids is 1. The lowest BCUT2D eigenvalue weighted by Gasteiger charge is -2.14. The lowest BCUT2D eigenvalue weighted by molar-refractivity contribution is -0.110. The van der Waals surface area contributed by atoms with E-state index in [9.17, 15) is 4.79 Å². The molecule has 0 saturated heterocycles. The quantitative estimate of drug-likeness (QED) is 0.829. The van der Waals surface area contributed by atoms with Crippen molar-refractivity contribution in [3.63, 3.8) is 0 Å². The van der Waals surface area contributed by atoms with Crippen LogP contribution in [0.1, 0.15) is 16.7 Å². The predicted octanol–water partition coefficient (Wildman–Crippen LogP) is 4.14. The fourth-order valence-electron chi connectivity index (χ4n) is 3.00. The first kappa shape index (κ1) is 12.8. The van der Waals surface area contributed by atoms with Gasteiger partial charge < -0.3 is 4.74 Å². The average Bonchev–Trinajstić information content (AvgIpc) is 2.95. The van der Waals surface area contributed by atoms with Gasteiger partial charge in [0, 0.05) is 11.1 Å². The van der Waals surface area contributed by atoms with Crippen molar-refractivity contribution in [1.29, 1.82) is 0 Å². The Morgan fingerprint density at radius 3 is 2.32 bits per heavy atom. The van der Waals surface area contributed by atoms with Gasteiger partial charge in [0.25, 0.3) is 0 Å². The van der Waals surface area contributed by atoms with Gasteiger partial charge in [-0.3, -0.25) is 4.79 Å². The minimum absolute atomic E-state index is 0.0823. The molecule has 0 unspecified atom stereocenters. The summed E-state index contributed by atoms with van der Waals surface area (Å²) in [5.74, 6) is 0.871. The summed E-state index contributed by atoms with van der Waals surface area (Å²) in [5, 5.41) is 0. The number of Topliss-reactive ketones (excluding diaryl/α,β-unsaturated/α-hetero) is 1. The second kappa shape index (κ2) is 4.85. The van der Waals surface area contributed by atoms with Gasteiger partial charge >= 0.3 is 0 Å². The maximum absolute atomic E-state index is 12.8. The van der Waals surface area contributed by atoms with Gasteiger partial charge in [0.1, 0.15) is 5.75 Å². The van der Waals surface area contributed by atoms with Crippen molar-refractivity contribution in [3.8, 4) is 5.75 Å². The van der Waals surface area contributed by atoms with Crippen LogP contribution in [0.4, 0.5) is 0 Å². The van der Waals surface area contributed by atoms with Gasteiger partial charge in [0.15, 0.2) is 5.78 Å². The topological polar surface area (TPSA) is 26.3 Å². The molecule has 0 spiro atoms. The number of ketones is 1. The van der Waals surface area contributed by atoms with E-state index in [1.165, 1.54) is 0 Å². The Morgan fingerprint density at radius 2 is 1.55 bits per heavy atom. The number of hydrogen-bond acceptors (Lipinski definition) is 2. The Labute approximate surface area is 129 Å². The molecular weight excluding hydrogens is 272 g/mol. The highest BCUT2D eigenvalue weighted by Gasteiger charge is 2.28. The molecular formula is C20H14O2. The van der Waals surface area contributed by atoms with E-state index in [2.05, 4.69) is 6.07 Å². The molecule has 0 radical (unpaired) electrons. The summed E-state index contributed by atoms with van der Waals surface area (Å²) in [7, 11) is 1.63. The molecule has 0 aromatic heterocycles. The van der Waals surface area contributed by atoms with Crippen LogP contribution >= 0.6 is 0 Å². The van der Waals surface area contributed by atoms with Crippen molar-refractivity contribution >= 4 is 23.0 Å². The lowest BCUT2D eigenvalue weighted by Crippen LogP contribution is -2.08. The van der Waals surface area contributed by atoms with E-state index >= 15 is 0 Å². The van der Waals surface area contributed by atoms with Gasteiger partial charge in [-0.2, -0.15) is 0 Å². The van der Waals surface area contributed by atoms with Gasteiger partial charge in [-0.25, -0.2) is 0 Å². The number of allylic oxidation sites excluding steroid dienone is 5. The molecule has 2 aliphatic carbocycles. The Bertz CT molecular complexity index is 865. The molecule has 106 valence electrons. The first-order valence-corrected chi connectivity index (χ1v) is 7.20. The van der Waals surface area contributed by atoms with E-state index in [1.54, 1.807) is 7.11 Å². The molecule has 0 atom stereocenters. The van der Waals surface area contributed by atoms with E-state index in [4.69, 9.17) is 4.74 Å². The minimum Gasteiger partial charge on any atom is -0.497 e. The highest BCUT2D eigenvalue weighted by molar-refractivity contribution is 6.38. The standard InChI is InChI=1S/C20H14O2/c1-22-15-8-6-13(7-9-15)17-10-11-18-16-5-3-2-4-14(16)12-19(18)20(17)21/h2-12H,1H3. The third-order valence-electron chi connectivity index (χ3n) is 4.15. The summed E-state index contributed by atoms with van der Waals surface area (Å²) in [5.41, 5.74) is 5.70. The van der Waals surface area contributed by atoms with Gasteiger partial charge in [0.05, 0.1) is 7.11 Å². The van der Waals surface area contributed by atoms with Crippen LogP contribution in [-0.2, 0) is 4.79 Å². The molecule has 22 heavy (non-hydrogen) atoms. The average molecular weight is 286 g/mol. The predicted molar refractivity (Wildman–Crippen MR) is 88.4 cm³/mol. The zero-order valence-electron chi connectivity index (χ0n) is 12.2. The second-order valence-corrected chi connectivity index (χ2v) is 5.36. The van der Waals surface area contributed by atoms with Gasteiger partial charge in [-0.1, -0.05) is 42.5 Å². The first-order chi connectivity index (χ1) is 10.8. The number of rotatable bonds is 2. The van der Waals surface area contributed by atoms with Gasteiger partial charge in [0.2, 0.25) is 0 Å². The highest BCUT2D eigenvalue weighted by atomic mass is 16.5. The molecule has 0 aliphatic heterocycles. The number of ether oxygens (including phenoxy) is 1. The molecule has 0 fully saturated rings. The van der Waals surface area contributed by atoms with Crippen LogP contribution in [0.2, 0.25) is 0 Å². The lowest BCUT2D eigenvalue weighted by atomic mass is 9.88. The maximum Gasteiger partial charge on any atom is 0.194 e. The summed E-state index contributed by atoms with van der Waals surface area (Å²) in [6.45, 7) is 0. The Kier molecular flexibility index (Phi) is 2.83. The Balaban J connectivity index is 1.78. The minimum atomic E-state index is 0.0823. The summed E-state index contributed by atoms with van der Waals surface area (Å²) in [6, 6.07) is 15.7. The van der Waals surface area contributed by atoms with Crippen molar-refractivity contribution in [2.75, 3.05) is 7.11 Å². The van der Waals surface area contributed by atoms with Crippen LogP contribution in [0.3, 0.4) is 0 Å². The normalized spacial score (nSPS) is 15.5. The number of methoxy groups -OCH3 is 1. The molecule has 0 saturated carbocycles. The van der Waals surface area contributed by atoms with Gasteiger partial charge in [-0.15, -0.1) is 0 Å². The van der Waals surface area contributed by atoms with Crippen molar-refractivity contribution in [2.45, 2.75) is 0 Å². The van der Waals surface area contributed by atoms with Crippen LogP contribution in [0.5, 0.6) is 5.75 Å². The van der Waals surface area contributed by atoms with E-state index in [1.807, 2.05) is 60.7 Å². The van der Waals surface area contributed by atoms with Crippen LogP contribution in [-0.4, -0.2) is 12.9 Å². The summed E-state index contributed by atoms with van der Waals surface area (Å²) >= 11 is 0. The largest absolute Gasteiger partial charge is 0.497 e. The smallest absolute Gasteiger partial charge is 0.194 e. The van der Waals surface area contributed by atoms with E-state index < -0.39 is 0 Å². The Morgan fingerprint density at radius 1 is 0.818 bits per heavy atom. The van der Waals surface area contributed by atoms with Crippen molar-refractivity contribution in [1.82, 2.24) is 0 Å². The number of benzene rings is 2. The molecule has 0 N–H and O–H groups in total. The van der Waals surface area contributed by atoms with Crippen molar-refractivity contribution in [3.05, 3.63) is 82.9 Å². The van der Waals surface area contributed by atoms with Crippen LogP contribution in [0, 0.1) is 0 Å². The summed E-state index contributed by atoms with van der Waals surface area (Å²) in [6.07, 6.45) is 5.94. The molecule has 2 aromatic carbocycles. The van der Waals surface area contributed by atoms with Crippen molar-refractivity contribution in [2.24, 2.45) is 0 Å². The van der Waals surface area contributed by atoms with E-state index in [-0.39, 0.29) is 5.78 Å². The van der Waals surface area contributed by atoms with E-state index in [0.717, 1.165) is 39.2 Å². The SMILES string of the molecule is COc1ccc(C2=CC=C3C(=Cc4ccccc43)C2=O)cc1. The van der Waals surface area contributed by atoms with Crippen LogP contribution in [0.25, 0.3) is 17.2 Å². The molecule has 4 rings (SSSR count). The maximum atomic E-state index is 12.8. The highest BCUT2D eigenvalue weighted by Crippen LogP contribution is 2.41. The molecule has 2 heteroatoms. The number of hydrogen-bond donors (Lipinski definition) is 0. The number of carbonyl (C=O) groups is 1. The second-order valence-electron chi connectivity index (χ2n) is 5.36. The zero-order chi connectivity index (χ0) is 15.1. The molecule has 0 amide bonds. The molecule has 0 bridgehead atoms. The molecule has 0 heterocycles. The third kappa shape index (κ3) is 1.85. The van der Waals surface area contributed by atoms with Gasteiger partial charge in [-0.05, 0) is 46.5 Å². The monoisotopic (exact) mass is 286 g/mol. The fourth-order valence-corrected chi connectivity index (χ4v) is 3.00. The third-order valence-corrected chi connectivity index (χ3v) is 4.15. The van der Waals surface area contributed by atoms with E-state index in [0.29, 0.717) is 0 Å². The molecule has 2 aromatic rings. The van der Waals surface area contributed by atoms with Crippen molar-refractivity contribution < 1.29 is 9.53 Å². The van der Waals surface area contributed by atoms with Crippen LogP contribution in [0.15, 0.2) is 66.3 Å². The van der Waals surface area contributed by atoms with Crippen LogP contribution < -0.4 is 4.74 Å². The fraction of sp³-hybridized carbons (Fsp3) is 0.0500.